The molecule has 0 aliphatic heterocycles. The Morgan fingerprint density at radius 1 is 1.26 bits per heavy atom. The van der Waals surface area contributed by atoms with Crippen molar-refractivity contribution in [3.8, 4) is 0 Å². The summed E-state index contributed by atoms with van der Waals surface area (Å²) in [7, 11) is 0. The zero-order valence-electron chi connectivity index (χ0n) is 10.5. The molecule has 1 N–H and O–H groups in total. The van der Waals surface area contributed by atoms with Crippen LogP contribution < -0.4 is 5.32 Å². The molecule has 1 aromatic heterocycles. The minimum absolute atomic E-state index is 0.715. The van der Waals surface area contributed by atoms with E-state index in [9.17, 15) is 0 Å². The summed E-state index contributed by atoms with van der Waals surface area (Å²) in [6.45, 7) is 4.37. The van der Waals surface area contributed by atoms with Gasteiger partial charge in [0.05, 0.1) is 0 Å². The number of rotatable bonds is 7. The number of hydrogen-bond donors (Lipinski definition) is 1. The first-order valence-corrected chi connectivity index (χ1v) is 7.71. The molecule has 3 nitrogen and oxygen atoms in total. The molecule has 0 fully saturated rings. The second kappa shape index (κ2) is 7.76. The predicted octanol–water partition coefficient (Wildman–Crippen LogP) is 3.94. The molecule has 19 heavy (non-hydrogen) atoms. The third-order valence-corrected chi connectivity index (χ3v) is 4.18. The SMILES string of the molecule is C=CCNc1nnc(SCC=Cc2ccccc2)s1. The molecule has 98 valence electrons. The Balaban J connectivity index is 1.78. The van der Waals surface area contributed by atoms with Gasteiger partial charge in [0.25, 0.3) is 0 Å². The number of aromatic nitrogens is 2. The molecule has 0 aliphatic carbocycles. The molecular formula is C14H15N3S2. The molecule has 0 atom stereocenters. The average Bonchev–Trinajstić information content (AvgIpc) is 2.90. The van der Waals surface area contributed by atoms with Gasteiger partial charge in [0, 0.05) is 12.3 Å². The Hall–Kier alpha value is -1.59. The average molecular weight is 289 g/mol. The van der Waals surface area contributed by atoms with Crippen LogP contribution in [0.4, 0.5) is 5.13 Å². The molecule has 0 aliphatic rings. The fraction of sp³-hybridized carbons (Fsp3) is 0.143. The quantitative estimate of drug-likeness (QED) is 0.619. The number of hydrogen-bond acceptors (Lipinski definition) is 5. The third kappa shape index (κ3) is 4.89. The fourth-order valence-electron chi connectivity index (χ4n) is 1.37. The van der Waals surface area contributed by atoms with E-state index in [-0.39, 0.29) is 0 Å². The van der Waals surface area contributed by atoms with E-state index in [4.69, 9.17) is 0 Å². The summed E-state index contributed by atoms with van der Waals surface area (Å²) >= 11 is 3.25. The van der Waals surface area contributed by atoms with E-state index < -0.39 is 0 Å². The predicted molar refractivity (Wildman–Crippen MR) is 84.8 cm³/mol. The lowest BCUT2D eigenvalue weighted by atomic mass is 10.2. The van der Waals surface area contributed by atoms with Crippen LogP contribution >= 0.6 is 23.1 Å². The molecule has 0 saturated heterocycles. The van der Waals surface area contributed by atoms with Crippen LogP contribution in [0.2, 0.25) is 0 Å². The first-order valence-electron chi connectivity index (χ1n) is 5.91. The normalized spacial score (nSPS) is 10.7. The van der Waals surface area contributed by atoms with Gasteiger partial charge in [-0.15, -0.1) is 16.8 Å². The monoisotopic (exact) mass is 289 g/mol. The zero-order chi connectivity index (χ0) is 13.3. The Bertz CT molecular complexity index is 535. The molecule has 1 aromatic carbocycles. The summed E-state index contributed by atoms with van der Waals surface area (Å²) in [5.74, 6) is 0.894. The van der Waals surface area contributed by atoms with Crippen LogP contribution in [0.15, 0.2) is 53.4 Å². The topological polar surface area (TPSA) is 37.8 Å². The van der Waals surface area contributed by atoms with Crippen LogP contribution in [0.5, 0.6) is 0 Å². The first-order chi connectivity index (χ1) is 9.38. The van der Waals surface area contributed by atoms with E-state index in [1.807, 2.05) is 18.2 Å². The minimum atomic E-state index is 0.715. The van der Waals surface area contributed by atoms with Crippen LogP contribution in [0.3, 0.4) is 0 Å². The van der Waals surface area contributed by atoms with E-state index in [1.165, 1.54) is 5.56 Å². The third-order valence-electron chi connectivity index (χ3n) is 2.22. The van der Waals surface area contributed by atoms with Gasteiger partial charge in [-0.1, -0.05) is 71.7 Å². The second-order valence-corrected chi connectivity index (χ2v) is 5.91. The maximum absolute atomic E-state index is 4.11. The molecule has 1 heterocycles. The van der Waals surface area contributed by atoms with E-state index >= 15 is 0 Å². The van der Waals surface area contributed by atoms with Crippen molar-refractivity contribution in [2.75, 3.05) is 17.6 Å². The Morgan fingerprint density at radius 2 is 2.11 bits per heavy atom. The highest BCUT2D eigenvalue weighted by atomic mass is 32.2. The number of nitrogens with zero attached hydrogens (tertiary/aromatic N) is 2. The zero-order valence-corrected chi connectivity index (χ0v) is 12.1. The maximum Gasteiger partial charge on any atom is 0.206 e. The fourth-order valence-corrected chi connectivity index (χ4v) is 2.96. The highest BCUT2D eigenvalue weighted by Crippen LogP contribution is 2.25. The van der Waals surface area contributed by atoms with Crippen LogP contribution in [0.1, 0.15) is 5.56 Å². The summed E-state index contributed by atoms with van der Waals surface area (Å²) in [6.07, 6.45) is 6.06. The Morgan fingerprint density at radius 3 is 2.89 bits per heavy atom. The van der Waals surface area contributed by atoms with Gasteiger partial charge in [-0.25, -0.2) is 0 Å². The summed E-state index contributed by atoms with van der Waals surface area (Å²) in [5, 5.41) is 12.1. The summed E-state index contributed by atoms with van der Waals surface area (Å²) in [6, 6.07) is 10.3. The van der Waals surface area contributed by atoms with Gasteiger partial charge in [0.1, 0.15) is 0 Å². The Labute approximate surface area is 121 Å². The lowest BCUT2D eigenvalue weighted by molar-refractivity contribution is 1.01. The maximum atomic E-state index is 4.11. The van der Waals surface area contributed by atoms with Crippen molar-refractivity contribution in [1.29, 1.82) is 0 Å². The van der Waals surface area contributed by atoms with Crippen LogP contribution in [0.25, 0.3) is 6.08 Å². The van der Waals surface area contributed by atoms with Crippen LogP contribution in [0, 0.1) is 0 Å². The highest BCUT2D eigenvalue weighted by molar-refractivity contribution is 8.01. The number of nitrogens with one attached hydrogen (secondary N) is 1. The van der Waals surface area contributed by atoms with E-state index in [0.29, 0.717) is 6.54 Å². The molecule has 2 rings (SSSR count). The second-order valence-electron chi connectivity index (χ2n) is 3.67. The molecular weight excluding hydrogens is 274 g/mol. The van der Waals surface area contributed by atoms with E-state index in [2.05, 4.69) is 46.4 Å². The molecule has 5 heteroatoms. The largest absolute Gasteiger partial charge is 0.357 e. The molecule has 0 saturated carbocycles. The molecule has 0 radical (unpaired) electrons. The van der Waals surface area contributed by atoms with Crippen molar-refractivity contribution in [2.24, 2.45) is 0 Å². The molecule has 0 bridgehead atoms. The lowest BCUT2D eigenvalue weighted by Crippen LogP contribution is -1.96. The Kier molecular flexibility index (Phi) is 5.65. The van der Waals surface area contributed by atoms with Gasteiger partial charge < -0.3 is 5.32 Å². The van der Waals surface area contributed by atoms with Gasteiger partial charge in [0.15, 0.2) is 4.34 Å². The minimum Gasteiger partial charge on any atom is -0.357 e. The molecule has 0 amide bonds. The van der Waals surface area contributed by atoms with Gasteiger partial charge in [-0.2, -0.15) is 0 Å². The van der Waals surface area contributed by atoms with Crippen molar-refractivity contribution >= 4 is 34.3 Å². The number of benzene rings is 1. The first kappa shape index (κ1) is 13.8. The van der Waals surface area contributed by atoms with Crippen molar-refractivity contribution in [3.63, 3.8) is 0 Å². The summed E-state index contributed by atoms with van der Waals surface area (Å²) in [5.41, 5.74) is 1.22. The highest BCUT2D eigenvalue weighted by Gasteiger charge is 2.02. The molecule has 2 aromatic rings. The number of thioether (sulfide) groups is 1. The van der Waals surface area contributed by atoms with E-state index in [1.54, 1.807) is 29.2 Å². The van der Waals surface area contributed by atoms with E-state index in [0.717, 1.165) is 15.2 Å². The lowest BCUT2D eigenvalue weighted by Gasteiger charge is -1.93. The van der Waals surface area contributed by atoms with Gasteiger partial charge in [0.2, 0.25) is 5.13 Å². The van der Waals surface area contributed by atoms with Crippen molar-refractivity contribution < 1.29 is 0 Å². The molecule has 0 unspecified atom stereocenters. The van der Waals surface area contributed by atoms with Crippen molar-refractivity contribution in [3.05, 3.63) is 54.6 Å². The van der Waals surface area contributed by atoms with Crippen LogP contribution in [-0.2, 0) is 0 Å². The number of anilines is 1. The summed E-state index contributed by atoms with van der Waals surface area (Å²) in [4.78, 5) is 0. The van der Waals surface area contributed by atoms with Crippen molar-refractivity contribution in [2.45, 2.75) is 4.34 Å². The van der Waals surface area contributed by atoms with Crippen molar-refractivity contribution in [1.82, 2.24) is 10.2 Å². The van der Waals surface area contributed by atoms with Gasteiger partial charge in [-0.3, -0.25) is 0 Å². The van der Waals surface area contributed by atoms with Gasteiger partial charge in [-0.05, 0) is 5.56 Å². The van der Waals surface area contributed by atoms with Crippen LogP contribution in [-0.4, -0.2) is 22.5 Å². The summed E-state index contributed by atoms with van der Waals surface area (Å²) < 4.78 is 0.976. The molecule has 0 spiro atoms. The standard InChI is InChI=1S/C14H15N3S2/c1-2-10-15-13-16-17-14(19-13)18-11-6-9-12-7-4-3-5-8-12/h2-9H,1,10-11H2,(H,15,16). The van der Waals surface area contributed by atoms with Gasteiger partial charge >= 0.3 is 0 Å². The smallest absolute Gasteiger partial charge is 0.206 e.